The molecule has 0 fully saturated rings. The molecule has 122 valence electrons. The third-order valence-electron chi connectivity index (χ3n) is 3.80. The summed E-state index contributed by atoms with van der Waals surface area (Å²) in [5.74, 6) is 0.474. The molecular weight excluding hydrogens is 322 g/mol. The van der Waals surface area contributed by atoms with Crippen LogP contribution >= 0.6 is 11.6 Å². The molecule has 3 aromatic rings. The molecule has 1 heterocycles. The standard InChI is InChI=1S/C19H18ClN3O/c1-13-18(15-8-5-9-16(20)12-15)19(23-22-13)21-17(24)11-10-14-6-3-2-4-7-14/h2-9,12H,10-11H2,1H3,(H2,21,22,23,24). The summed E-state index contributed by atoms with van der Waals surface area (Å²) in [6, 6.07) is 17.5. The molecule has 2 aromatic carbocycles. The second kappa shape index (κ2) is 7.32. The highest BCUT2D eigenvalue weighted by molar-refractivity contribution is 6.30. The fraction of sp³-hybridized carbons (Fsp3) is 0.158. The number of hydrogen-bond acceptors (Lipinski definition) is 2. The Balaban J connectivity index is 1.73. The molecular formula is C19H18ClN3O. The molecule has 0 spiro atoms. The molecule has 3 rings (SSSR count). The van der Waals surface area contributed by atoms with E-state index in [-0.39, 0.29) is 5.91 Å². The maximum absolute atomic E-state index is 12.3. The topological polar surface area (TPSA) is 57.8 Å². The van der Waals surface area contributed by atoms with E-state index in [1.165, 1.54) is 0 Å². The summed E-state index contributed by atoms with van der Waals surface area (Å²) in [4.78, 5) is 12.3. The van der Waals surface area contributed by atoms with E-state index < -0.39 is 0 Å². The van der Waals surface area contributed by atoms with Crippen molar-refractivity contribution in [2.45, 2.75) is 19.8 Å². The highest BCUT2D eigenvalue weighted by atomic mass is 35.5. The Hall–Kier alpha value is -2.59. The molecule has 0 aliphatic rings. The van der Waals surface area contributed by atoms with Crippen LogP contribution in [0.2, 0.25) is 5.02 Å². The molecule has 5 heteroatoms. The van der Waals surface area contributed by atoms with Crippen LogP contribution in [0.15, 0.2) is 54.6 Å². The van der Waals surface area contributed by atoms with Crippen LogP contribution in [0, 0.1) is 6.92 Å². The molecule has 1 aromatic heterocycles. The normalized spacial score (nSPS) is 10.6. The summed E-state index contributed by atoms with van der Waals surface area (Å²) < 4.78 is 0. The fourth-order valence-corrected chi connectivity index (χ4v) is 2.80. The van der Waals surface area contributed by atoms with Crippen molar-refractivity contribution >= 4 is 23.3 Å². The molecule has 0 bridgehead atoms. The predicted molar refractivity (Wildman–Crippen MR) is 97.2 cm³/mol. The lowest BCUT2D eigenvalue weighted by atomic mass is 10.1. The first-order valence-corrected chi connectivity index (χ1v) is 8.16. The van der Waals surface area contributed by atoms with Gasteiger partial charge in [0.15, 0.2) is 5.82 Å². The van der Waals surface area contributed by atoms with E-state index in [1.54, 1.807) is 0 Å². The Kier molecular flexibility index (Phi) is 4.96. The van der Waals surface area contributed by atoms with E-state index in [4.69, 9.17) is 11.6 Å². The van der Waals surface area contributed by atoms with Crippen molar-refractivity contribution in [3.8, 4) is 11.1 Å². The number of nitrogens with zero attached hydrogens (tertiary/aromatic N) is 1. The van der Waals surface area contributed by atoms with Crippen molar-refractivity contribution in [1.29, 1.82) is 0 Å². The number of aryl methyl sites for hydroxylation is 2. The maximum Gasteiger partial charge on any atom is 0.225 e. The Morgan fingerprint density at radius 3 is 2.71 bits per heavy atom. The number of anilines is 1. The molecule has 0 radical (unpaired) electrons. The molecule has 0 saturated carbocycles. The first-order valence-electron chi connectivity index (χ1n) is 7.78. The Labute approximate surface area is 145 Å². The largest absolute Gasteiger partial charge is 0.309 e. The van der Waals surface area contributed by atoms with E-state index in [1.807, 2.05) is 61.5 Å². The number of halogens is 1. The maximum atomic E-state index is 12.3. The second-order valence-electron chi connectivity index (χ2n) is 5.62. The van der Waals surface area contributed by atoms with Crippen molar-refractivity contribution in [2.75, 3.05) is 5.32 Å². The first-order chi connectivity index (χ1) is 11.6. The van der Waals surface area contributed by atoms with E-state index in [0.29, 0.717) is 23.7 Å². The number of aromatic nitrogens is 2. The van der Waals surface area contributed by atoms with Gasteiger partial charge in [-0.1, -0.05) is 54.1 Å². The van der Waals surface area contributed by atoms with Gasteiger partial charge < -0.3 is 5.32 Å². The number of hydrogen-bond donors (Lipinski definition) is 2. The van der Waals surface area contributed by atoms with Gasteiger partial charge in [0.05, 0.1) is 0 Å². The van der Waals surface area contributed by atoms with E-state index in [0.717, 1.165) is 22.4 Å². The summed E-state index contributed by atoms with van der Waals surface area (Å²) in [5.41, 5.74) is 3.81. The lowest BCUT2D eigenvalue weighted by molar-refractivity contribution is -0.116. The number of nitrogens with one attached hydrogen (secondary N) is 2. The van der Waals surface area contributed by atoms with Crippen LogP contribution in [0.4, 0.5) is 5.82 Å². The second-order valence-corrected chi connectivity index (χ2v) is 6.05. The summed E-state index contributed by atoms with van der Waals surface area (Å²) in [6.45, 7) is 1.92. The van der Waals surface area contributed by atoms with Crippen molar-refractivity contribution < 1.29 is 4.79 Å². The smallest absolute Gasteiger partial charge is 0.225 e. The molecule has 1 amide bonds. The van der Waals surface area contributed by atoms with Crippen LogP contribution in [-0.4, -0.2) is 16.1 Å². The highest BCUT2D eigenvalue weighted by Gasteiger charge is 2.15. The Morgan fingerprint density at radius 1 is 1.17 bits per heavy atom. The fourth-order valence-electron chi connectivity index (χ4n) is 2.61. The lowest BCUT2D eigenvalue weighted by Crippen LogP contribution is -2.13. The van der Waals surface area contributed by atoms with Crippen LogP contribution in [0.25, 0.3) is 11.1 Å². The van der Waals surface area contributed by atoms with Gasteiger partial charge in [0, 0.05) is 22.7 Å². The number of carbonyl (C=O) groups excluding carboxylic acids is 1. The summed E-state index contributed by atoms with van der Waals surface area (Å²) in [6.07, 6.45) is 1.10. The van der Waals surface area contributed by atoms with Crippen molar-refractivity contribution in [3.05, 3.63) is 70.9 Å². The van der Waals surface area contributed by atoms with E-state index in [9.17, 15) is 4.79 Å². The molecule has 0 aliphatic heterocycles. The zero-order chi connectivity index (χ0) is 16.9. The van der Waals surface area contributed by atoms with Gasteiger partial charge in [0.2, 0.25) is 5.91 Å². The van der Waals surface area contributed by atoms with Crippen LogP contribution in [-0.2, 0) is 11.2 Å². The summed E-state index contributed by atoms with van der Waals surface area (Å²) in [5, 5.41) is 10.7. The van der Waals surface area contributed by atoms with Crippen LogP contribution in [0.3, 0.4) is 0 Å². The third-order valence-corrected chi connectivity index (χ3v) is 4.04. The van der Waals surface area contributed by atoms with Gasteiger partial charge >= 0.3 is 0 Å². The predicted octanol–water partition coefficient (Wildman–Crippen LogP) is 4.61. The number of carbonyl (C=O) groups is 1. The number of benzene rings is 2. The number of aromatic amines is 1. The minimum absolute atomic E-state index is 0.0615. The van der Waals surface area contributed by atoms with Crippen LogP contribution < -0.4 is 5.32 Å². The zero-order valence-corrected chi connectivity index (χ0v) is 14.1. The molecule has 24 heavy (non-hydrogen) atoms. The van der Waals surface area contributed by atoms with E-state index in [2.05, 4.69) is 15.5 Å². The molecule has 0 unspecified atom stereocenters. The van der Waals surface area contributed by atoms with Crippen molar-refractivity contribution in [3.63, 3.8) is 0 Å². The minimum Gasteiger partial charge on any atom is -0.309 e. The summed E-state index contributed by atoms with van der Waals surface area (Å²) >= 11 is 6.07. The molecule has 2 N–H and O–H groups in total. The van der Waals surface area contributed by atoms with Crippen molar-refractivity contribution in [1.82, 2.24) is 10.2 Å². The van der Waals surface area contributed by atoms with Gasteiger partial charge in [-0.2, -0.15) is 5.10 Å². The van der Waals surface area contributed by atoms with Crippen LogP contribution in [0.5, 0.6) is 0 Å². The first kappa shape index (κ1) is 16.3. The van der Waals surface area contributed by atoms with Gasteiger partial charge in [0.1, 0.15) is 0 Å². The quantitative estimate of drug-likeness (QED) is 0.713. The zero-order valence-electron chi connectivity index (χ0n) is 13.3. The van der Waals surface area contributed by atoms with E-state index >= 15 is 0 Å². The minimum atomic E-state index is -0.0615. The molecule has 0 aliphatic carbocycles. The Morgan fingerprint density at radius 2 is 1.96 bits per heavy atom. The van der Waals surface area contributed by atoms with Crippen LogP contribution in [0.1, 0.15) is 17.7 Å². The molecule has 4 nitrogen and oxygen atoms in total. The number of H-pyrrole nitrogens is 1. The summed E-state index contributed by atoms with van der Waals surface area (Å²) in [7, 11) is 0. The highest BCUT2D eigenvalue weighted by Crippen LogP contribution is 2.31. The average molecular weight is 340 g/mol. The average Bonchev–Trinajstić information content (AvgIpc) is 2.94. The lowest BCUT2D eigenvalue weighted by Gasteiger charge is -2.07. The third kappa shape index (κ3) is 3.84. The monoisotopic (exact) mass is 339 g/mol. The molecule has 0 saturated heterocycles. The van der Waals surface area contributed by atoms with Gasteiger partial charge in [-0.15, -0.1) is 0 Å². The van der Waals surface area contributed by atoms with Gasteiger partial charge in [-0.05, 0) is 36.6 Å². The van der Waals surface area contributed by atoms with Gasteiger partial charge in [0.25, 0.3) is 0 Å². The number of rotatable bonds is 5. The SMILES string of the molecule is Cc1[nH]nc(NC(=O)CCc2ccccc2)c1-c1cccc(Cl)c1. The van der Waals surface area contributed by atoms with Gasteiger partial charge in [-0.3, -0.25) is 9.89 Å². The molecule has 0 atom stereocenters. The Bertz CT molecular complexity index is 843. The van der Waals surface area contributed by atoms with Gasteiger partial charge in [-0.25, -0.2) is 0 Å². The number of amides is 1. The van der Waals surface area contributed by atoms with Crippen molar-refractivity contribution in [2.24, 2.45) is 0 Å².